The van der Waals surface area contributed by atoms with Crippen molar-refractivity contribution in [2.45, 2.75) is 38.7 Å². The number of hydrogen-bond acceptors (Lipinski definition) is 3. The van der Waals surface area contributed by atoms with Crippen molar-refractivity contribution in [1.82, 2.24) is 14.8 Å². The first-order chi connectivity index (χ1) is 10.1. The molecule has 0 unspecified atom stereocenters. The summed E-state index contributed by atoms with van der Waals surface area (Å²) in [5.41, 5.74) is 0.164. The summed E-state index contributed by atoms with van der Waals surface area (Å²) in [6.07, 6.45) is 3.52. The topological polar surface area (TPSA) is 56.7 Å². The van der Waals surface area contributed by atoms with Crippen LogP contribution in [0.3, 0.4) is 0 Å². The van der Waals surface area contributed by atoms with Gasteiger partial charge < -0.3 is 14.9 Å². The zero-order chi connectivity index (χ0) is 15.3. The van der Waals surface area contributed by atoms with Crippen molar-refractivity contribution in [3.05, 3.63) is 30.1 Å². The summed E-state index contributed by atoms with van der Waals surface area (Å²) in [4.78, 5) is 20.2. The van der Waals surface area contributed by atoms with Gasteiger partial charge in [-0.05, 0) is 38.8 Å². The average molecular weight is 291 g/mol. The Morgan fingerprint density at radius 3 is 2.52 bits per heavy atom. The second-order valence-corrected chi connectivity index (χ2v) is 5.66. The highest BCUT2D eigenvalue weighted by Gasteiger charge is 2.35. The van der Waals surface area contributed by atoms with Crippen molar-refractivity contribution in [3.8, 4) is 0 Å². The first-order valence-corrected chi connectivity index (χ1v) is 7.74. The van der Waals surface area contributed by atoms with Crippen LogP contribution in [0.2, 0.25) is 0 Å². The monoisotopic (exact) mass is 291 g/mol. The molecule has 0 atom stereocenters. The number of aliphatic hydroxyl groups is 1. The lowest BCUT2D eigenvalue weighted by atomic mass is 9.87. The average Bonchev–Trinajstić information content (AvgIpc) is 2.50. The summed E-state index contributed by atoms with van der Waals surface area (Å²) in [5, 5.41) is 10.7. The molecule has 0 bridgehead atoms. The van der Waals surface area contributed by atoms with Crippen LogP contribution in [0, 0.1) is 0 Å². The molecule has 0 spiro atoms. The lowest BCUT2D eigenvalue weighted by molar-refractivity contribution is -0.0151. The van der Waals surface area contributed by atoms with Crippen molar-refractivity contribution in [3.63, 3.8) is 0 Å². The molecule has 5 heteroatoms. The van der Waals surface area contributed by atoms with E-state index in [4.69, 9.17) is 0 Å². The van der Waals surface area contributed by atoms with Gasteiger partial charge in [0.2, 0.25) is 0 Å². The highest BCUT2D eigenvalue weighted by atomic mass is 16.3. The molecule has 2 heterocycles. The van der Waals surface area contributed by atoms with E-state index >= 15 is 0 Å². The third-order valence-electron chi connectivity index (χ3n) is 4.23. The van der Waals surface area contributed by atoms with Crippen LogP contribution in [0.5, 0.6) is 0 Å². The van der Waals surface area contributed by atoms with Gasteiger partial charge >= 0.3 is 6.03 Å². The number of hydrogen-bond donors (Lipinski definition) is 1. The number of pyridine rings is 1. The Kier molecular flexibility index (Phi) is 5.17. The van der Waals surface area contributed by atoms with Crippen LogP contribution in [0.4, 0.5) is 4.79 Å². The Labute approximate surface area is 126 Å². The minimum absolute atomic E-state index is 0.0832. The smallest absolute Gasteiger partial charge is 0.319 e. The van der Waals surface area contributed by atoms with Gasteiger partial charge in [0.25, 0.3) is 0 Å². The molecule has 1 aliphatic heterocycles. The Bertz CT molecular complexity index is 452. The predicted molar refractivity (Wildman–Crippen MR) is 82.0 cm³/mol. The van der Waals surface area contributed by atoms with E-state index in [2.05, 4.69) is 4.98 Å². The largest absolute Gasteiger partial charge is 0.389 e. The second-order valence-electron chi connectivity index (χ2n) is 5.66. The minimum Gasteiger partial charge on any atom is -0.389 e. The number of urea groups is 1. The minimum atomic E-state index is -0.742. The molecule has 1 fully saturated rings. The molecule has 0 aromatic carbocycles. The van der Waals surface area contributed by atoms with Crippen molar-refractivity contribution in [2.24, 2.45) is 0 Å². The molecule has 2 rings (SSSR count). The van der Waals surface area contributed by atoms with Crippen LogP contribution < -0.4 is 0 Å². The molecule has 0 saturated carbocycles. The third-order valence-corrected chi connectivity index (χ3v) is 4.23. The fourth-order valence-electron chi connectivity index (χ4n) is 2.82. The summed E-state index contributed by atoms with van der Waals surface area (Å²) in [6, 6.07) is 5.83. The Morgan fingerprint density at radius 2 is 2.00 bits per heavy atom. The van der Waals surface area contributed by atoms with E-state index in [1.807, 2.05) is 41.8 Å². The summed E-state index contributed by atoms with van der Waals surface area (Å²) >= 11 is 0. The van der Waals surface area contributed by atoms with E-state index in [9.17, 15) is 9.90 Å². The van der Waals surface area contributed by atoms with Gasteiger partial charge in [0, 0.05) is 44.5 Å². The molecule has 5 nitrogen and oxygen atoms in total. The Morgan fingerprint density at radius 1 is 1.33 bits per heavy atom. The number of amides is 2. The molecule has 1 N–H and O–H groups in total. The van der Waals surface area contributed by atoms with E-state index in [0.29, 0.717) is 32.4 Å². The number of carbonyl (C=O) groups excluding carboxylic acids is 1. The molecule has 0 radical (unpaired) electrons. The zero-order valence-corrected chi connectivity index (χ0v) is 13.0. The first-order valence-electron chi connectivity index (χ1n) is 7.74. The molecule has 1 aromatic rings. The van der Waals surface area contributed by atoms with Crippen LogP contribution in [0.15, 0.2) is 24.4 Å². The third kappa shape index (κ3) is 3.94. The highest BCUT2D eigenvalue weighted by molar-refractivity contribution is 5.74. The normalized spacial score (nSPS) is 17.6. The SMILES string of the molecule is CCN(CC)C(=O)N1CCC(O)(Cc2ccccn2)CC1. The molecular weight excluding hydrogens is 266 g/mol. The molecule has 116 valence electrons. The van der Waals surface area contributed by atoms with Gasteiger partial charge in [-0.1, -0.05) is 6.07 Å². The van der Waals surface area contributed by atoms with Gasteiger partial charge in [-0.3, -0.25) is 4.98 Å². The quantitative estimate of drug-likeness (QED) is 0.922. The van der Waals surface area contributed by atoms with E-state index in [0.717, 1.165) is 18.8 Å². The van der Waals surface area contributed by atoms with E-state index in [1.54, 1.807) is 6.20 Å². The second kappa shape index (κ2) is 6.89. The molecule has 0 aliphatic carbocycles. The standard InChI is InChI=1S/C16H25N3O2/c1-3-18(4-2)15(20)19-11-8-16(21,9-12-19)13-14-7-5-6-10-17-14/h5-7,10,21H,3-4,8-9,11-13H2,1-2H3. The number of aromatic nitrogens is 1. The molecule has 1 aliphatic rings. The van der Waals surface area contributed by atoms with Crippen molar-refractivity contribution >= 4 is 6.03 Å². The summed E-state index contributed by atoms with van der Waals surface area (Å²) in [5.74, 6) is 0. The number of nitrogens with zero attached hydrogens (tertiary/aromatic N) is 3. The first kappa shape index (κ1) is 15.8. The Hall–Kier alpha value is -1.62. The number of likely N-dealkylation sites (tertiary alicyclic amines) is 1. The summed E-state index contributed by atoms with van der Waals surface area (Å²) in [6.45, 7) is 6.65. The van der Waals surface area contributed by atoms with Crippen LogP contribution >= 0.6 is 0 Å². The van der Waals surface area contributed by atoms with Crippen molar-refractivity contribution < 1.29 is 9.90 Å². The van der Waals surface area contributed by atoms with E-state index < -0.39 is 5.60 Å². The van der Waals surface area contributed by atoms with E-state index in [-0.39, 0.29) is 6.03 Å². The summed E-state index contributed by atoms with van der Waals surface area (Å²) in [7, 11) is 0. The van der Waals surface area contributed by atoms with Crippen LogP contribution in [0.25, 0.3) is 0 Å². The van der Waals surface area contributed by atoms with Gasteiger partial charge in [0.05, 0.1) is 5.60 Å². The van der Waals surface area contributed by atoms with Crippen LogP contribution in [-0.2, 0) is 6.42 Å². The maximum absolute atomic E-state index is 12.3. The Balaban J connectivity index is 1.91. The van der Waals surface area contributed by atoms with Gasteiger partial charge in [0.15, 0.2) is 0 Å². The van der Waals surface area contributed by atoms with Crippen molar-refractivity contribution in [1.29, 1.82) is 0 Å². The highest BCUT2D eigenvalue weighted by Crippen LogP contribution is 2.26. The van der Waals surface area contributed by atoms with Gasteiger partial charge in [0.1, 0.15) is 0 Å². The summed E-state index contributed by atoms with van der Waals surface area (Å²) < 4.78 is 0. The fraction of sp³-hybridized carbons (Fsp3) is 0.625. The molecular formula is C16H25N3O2. The molecule has 21 heavy (non-hydrogen) atoms. The van der Waals surface area contributed by atoms with Gasteiger partial charge in [-0.2, -0.15) is 0 Å². The molecule has 1 saturated heterocycles. The maximum Gasteiger partial charge on any atom is 0.319 e. The van der Waals surface area contributed by atoms with Crippen molar-refractivity contribution in [2.75, 3.05) is 26.2 Å². The number of rotatable bonds is 4. The number of carbonyl (C=O) groups is 1. The molecule has 1 aromatic heterocycles. The van der Waals surface area contributed by atoms with Crippen LogP contribution in [0.1, 0.15) is 32.4 Å². The number of piperidine rings is 1. The maximum atomic E-state index is 12.3. The van der Waals surface area contributed by atoms with Gasteiger partial charge in [-0.25, -0.2) is 4.79 Å². The predicted octanol–water partition coefficient (Wildman–Crippen LogP) is 1.91. The zero-order valence-electron chi connectivity index (χ0n) is 13.0. The fourth-order valence-corrected chi connectivity index (χ4v) is 2.82. The lowest BCUT2D eigenvalue weighted by Crippen LogP contribution is -2.51. The van der Waals surface area contributed by atoms with Gasteiger partial charge in [-0.15, -0.1) is 0 Å². The van der Waals surface area contributed by atoms with Crippen LogP contribution in [-0.4, -0.2) is 57.7 Å². The lowest BCUT2D eigenvalue weighted by Gasteiger charge is -2.39. The van der Waals surface area contributed by atoms with E-state index in [1.165, 1.54) is 0 Å². The molecule has 2 amide bonds.